The van der Waals surface area contributed by atoms with Gasteiger partial charge in [-0.25, -0.2) is 0 Å². The first-order valence-corrected chi connectivity index (χ1v) is 7.13. The van der Waals surface area contributed by atoms with E-state index in [2.05, 4.69) is 9.72 Å². The lowest BCUT2D eigenvalue weighted by molar-refractivity contribution is -0.389. The zero-order valence-electron chi connectivity index (χ0n) is 12.6. The van der Waals surface area contributed by atoms with Crippen molar-refractivity contribution in [2.75, 3.05) is 13.2 Å². The predicted octanol–water partition coefficient (Wildman–Crippen LogP) is 2.78. The molecule has 0 spiro atoms. The van der Waals surface area contributed by atoms with E-state index in [-0.39, 0.29) is 36.7 Å². The van der Waals surface area contributed by atoms with Crippen molar-refractivity contribution in [2.24, 2.45) is 5.92 Å². The Morgan fingerprint density at radius 3 is 2.64 bits per heavy atom. The number of nitrogens with zero attached hydrogens (tertiary/aromatic N) is 3. The highest BCUT2D eigenvalue weighted by atomic mass is 19.4. The lowest BCUT2D eigenvalue weighted by atomic mass is 10.1. The molecule has 1 aromatic carbocycles. The van der Waals surface area contributed by atoms with Gasteiger partial charge in [0.1, 0.15) is 24.3 Å². The van der Waals surface area contributed by atoms with Crippen LogP contribution < -0.4 is 14.2 Å². The summed E-state index contributed by atoms with van der Waals surface area (Å²) >= 11 is 0. The Morgan fingerprint density at radius 1 is 1.32 bits per heavy atom. The lowest BCUT2D eigenvalue weighted by Crippen LogP contribution is -2.29. The van der Waals surface area contributed by atoms with Crippen LogP contribution in [0.25, 0.3) is 0 Å². The molecule has 1 aromatic heterocycles. The van der Waals surface area contributed by atoms with Gasteiger partial charge >= 0.3 is 18.2 Å². The topological polar surface area (TPSA) is 88.7 Å². The molecule has 0 unspecified atom stereocenters. The van der Waals surface area contributed by atoms with Gasteiger partial charge in [-0.2, -0.15) is 0 Å². The molecule has 8 nitrogen and oxygen atoms in total. The van der Waals surface area contributed by atoms with Gasteiger partial charge in [0.25, 0.3) is 0 Å². The van der Waals surface area contributed by atoms with Crippen LogP contribution >= 0.6 is 0 Å². The van der Waals surface area contributed by atoms with Crippen LogP contribution in [-0.4, -0.2) is 34.1 Å². The number of imidazole rings is 1. The molecule has 25 heavy (non-hydrogen) atoms. The number of fused-ring (bicyclic) bond motifs is 1. The first kappa shape index (κ1) is 16.9. The van der Waals surface area contributed by atoms with Crippen molar-refractivity contribution in [3.05, 3.63) is 40.6 Å². The molecule has 2 aromatic rings. The number of alkyl halides is 3. The smallest absolute Gasteiger partial charge is 0.493 e. The summed E-state index contributed by atoms with van der Waals surface area (Å²) in [7, 11) is 0. The molecule has 1 aliphatic heterocycles. The number of aromatic nitrogens is 2. The Bertz CT molecular complexity index is 760. The average molecular weight is 359 g/mol. The van der Waals surface area contributed by atoms with E-state index in [9.17, 15) is 23.3 Å². The Hall–Kier alpha value is -2.98. The fourth-order valence-electron chi connectivity index (χ4n) is 2.30. The molecule has 0 saturated heterocycles. The minimum absolute atomic E-state index is 0.0904. The second-order valence-corrected chi connectivity index (χ2v) is 5.30. The molecule has 1 atom stereocenters. The largest absolute Gasteiger partial charge is 0.573 e. The molecule has 0 N–H and O–H groups in total. The van der Waals surface area contributed by atoms with Gasteiger partial charge < -0.3 is 24.3 Å². The number of benzene rings is 1. The third-order valence-electron chi connectivity index (χ3n) is 3.36. The SMILES string of the molecule is O=[N+]([O-])c1cn2c(n1)OC[C@H](COc1ccc(OC(F)(F)F)cc1)C2. The summed E-state index contributed by atoms with van der Waals surface area (Å²) in [6.07, 6.45) is -3.46. The van der Waals surface area contributed by atoms with Gasteiger partial charge in [-0.05, 0) is 29.2 Å². The Balaban J connectivity index is 1.54. The maximum Gasteiger partial charge on any atom is 0.573 e. The minimum Gasteiger partial charge on any atom is -0.493 e. The molecule has 0 radical (unpaired) electrons. The van der Waals surface area contributed by atoms with Crippen molar-refractivity contribution < 1.29 is 32.3 Å². The van der Waals surface area contributed by atoms with Crippen LogP contribution in [0.15, 0.2) is 30.5 Å². The van der Waals surface area contributed by atoms with Gasteiger partial charge in [-0.1, -0.05) is 0 Å². The average Bonchev–Trinajstić information content (AvgIpc) is 2.96. The highest BCUT2D eigenvalue weighted by Crippen LogP contribution is 2.26. The highest BCUT2D eigenvalue weighted by Gasteiger charge is 2.31. The number of rotatable bonds is 5. The predicted molar refractivity (Wildman–Crippen MR) is 76.5 cm³/mol. The van der Waals surface area contributed by atoms with E-state index < -0.39 is 11.3 Å². The number of nitro groups is 1. The quantitative estimate of drug-likeness (QED) is 0.602. The summed E-state index contributed by atoms with van der Waals surface area (Å²) in [5.41, 5.74) is 0. The Kier molecular flexibility index (Phi) is 4.38. The molecule has 0 amide bonds. The fraction of sp³-hybridized carbons (Fsp3) is 0.357. The monoisotopic (exact) mass is 359 g/mol. The van der Waals surface area contributed by atoms with E-state index in [0.717, 1.165) is 12.1 Å². The molecule has 2 heterocycles. The first-order valence-electron chi connectivity index (χ1n) is 7.13. The third kappa shape index (κ3) is 4.31. The van der Waals surface area contributed by atoms with Crippen LogP contribution in [-0.2, 0) is 6.54 Å². The standard InChI is InChI=1S/C14H12F3N3O5/c15-14(16,17)25-11-3-1-10(2-4-11)23-7-9-5-19-6-12(20(21)22)18-13(19)24-8-9/h1-4,6,9H,5,7-8H2/t9-/m0/s1. The van der Waals surface area contributed by atoms with Crippen LogP contribution in [0, 0.1) is 16.0 Å². The molecule has 0 fully saturated rings. The zero-order valence-corrected chi connectivity index (χ0v) is 12.6. The molecule has 134 valence electrons. The van der Waals surface area contributed by atoms with E-state index in [0.29, 0.717) is 12.3 Å². The fourth-order valence-corrected chi connectivity index (χ4v) is 2.30. The molecular weight excluding hydrogens is 347 g/mol. The van der Waals surface area contributed by atoms with Crippen LogP contribution in [0.2, 0.25) is 0 Å². The third-order valence-corrected chi connectivity index (χ3v) is 3.36. The summed E-state index contributed by atoms with van der Waals surface area (Å²) in [4.78, 5) is 13.8. The van der Waals surface area contributed by atoms with Crippen molar-refractivity contribution in [2.45, 2.75) is 12.9 Å². The molecule has 11 heteroatoms. The van der Waals surface area contributed by atoms with Crippen LogP contribution in [0.5, 0.6) is 17.5 Å². The molecule has 0 saturated carbocycles. The van der Waals surface area contributed by atoms with Crippen molar-refractivity contribution in [3.8, 4) is 17.5 Å². The van der Waals surface area contributed by atoms with Gasteiger partial charge in [-0.15, -0.1) is 13.2 Å². The van der Waals surface area contributed by atoms with Gasteiger partial charge in [0.15, 0.2) is 0 Å². The number of halogens is 3. The van der Waals surface area contributed by atoms with Crippen LogP contribution in [0.4, 0.5) is 19.0 Å². The van der Waals surface area contributed by atoms with E-state index in [1.165, 1.54) is 22.9 Å². The van der Waals surface area contributed by atoms with E-state index in [1.54, 1.807) is 0 Å². The number of hydrogen-bond donors (Lipinski definition) is 0. The maximum absolute atomic E-state index is 12.1. The molecule has 0 aliphatic carbocycles. The van der Waals surface area contributed by atoms with Crippen molar-refractivity contribution in [1.29, 1.82) is 0 Å². The second-order valence-electron chi connectivity index (χ2n) is 5.30. The molecule has 0 bridgehead atoms. The van der Waals surface area contributed by atoms with E-state index >= 15 is 0 Å². The zero-order chi connectivity index (χ0) is 18.0. The van der Waals surface area contributed by atoms with Gasteiger partial charge in [-0.3, -0.25) is 4.57 Å². The van der Waals surface area contributed by atoms with Crippen molar-refractivity contribution in [1.82, 2.24) is 9.55 Å². The molecule has 1 aliphatic rings. The summed E-state index contributed by atoms with van der Waals surface area (Å²) < 4.78 is 52.4. The minimum atomic E-state index is -4.74. The van der Waals surface area contributed by atoms with Crippen LogP contribution in [0.1, 0.15) is 0 Å². The van der Waals surface area contributed by atoms with E-state index in [1.807, 2.05) is 0 Å². The van der Waals surface area contributed by atoms with E-state index in [4.69, 9.17) is 9.47 Å². The summed E-state index contributed by atoms with van der Waals surface area (Å²) in [6.45, 7) is 0.916. The second kappa shape index (κ2) is 6.49. The van der Waals surface area contributed by atoms with Crippen molar-refractivity contribution in [3.63, 3.8) is 0 Å². The van der Waals surface area contributed by atoms with Gasteiger partial charge in [0.2, 0.25) is 0 Å². The number of ether oxygens (including phenoxy) is 3. The molecule has 3 rings (SSSR count). The van der Waals surface area contributed by atoms with Crippen molar-refractivity contribution >= 4 is 5.82 Å². The lowest BCUT2D eigenvalue weighted by Gasteiger charge is -2.22. The maximum atomic E-state index is 12.1. The normalized spacial score (nSPS) is 16.7. The molecular formula is C14H12F3N3O5. The number of hydrogen-bond acceptors (Lipinski definition) is 6. The highest BCUT2D eigenvalue weighted by molar-refractivity contribution is 5.31. The summed E-state index contributed by atoms with van der Waals surface area (Å²) in [5, 5.41) is 10.7. The Labute approximate surface area is 138 Å². The van der Waals surface area contributed by atoms with Crippen LogP contribution in [0.3, 0.4) is 0 Å². The van der Waals surface area contributed by atoms with Gasteiger partial charge in [0, 0.05) is 17.4 Å². The summed E-state index contributed by atoms with van der Waals surface area (Å²) in [6, 6.07) is 5.20. The first-order chi connectivity index (χ1) is 11.8. The Morgan fingerprint density at radius 2 is 2.00 bits per heavy atom. The summed E-state index contributed by atoms with van der Waals surface area (Å²) in [5.74, 6) is -0.350. The van der Waals surface area contributed by atoms with Gasteiger partial charge in [0.05, 0.1) is 6.61 Å².